The largest absolute Gasteiger partial charge is 0.494 e. The Morgan fingerprint density at radius 2 is 1.72 bits per heavy atom. The number of aromatic hydroxyl groups is 1. The lowest BCUT2D eigenvalue weighted by molar-refractivity contribution is 0.0915. The van der Waals surface area contributed by atoms with Crippen LogP contribution in [0.3, 0.4) is 0 Å². The quantitative estimate of drug-likeness (QED) is 0.568. The summed E-state index contributed by atoms with van der Waals surface area (Å²) in [6.07, 6.45) is 0.466. The van der Waals surface area contributed by atoms with E-state index >= 15 is 0 Å². The molecule has 0 aliphatic carbocycles. The van der Waals surface area contributed by atoms with Crippen molar-refractivity contribution in [3.63, 3.8) is 0 Å². The molecule has 0 amide bonds. The predicted octanol–water partition coefficient (Wildman–Crippen LogP) is 4.16. The van der Waals surface area contributed by atoms with Crippen molar-refractivity contribution in [3.05, 3.63) is 91.8 Å². The Morgan fingerprint density at radius 3 is 2.31 bits per heavy atom. The summed E-state index contributed by atoms with van der Waals surface area (Å²) in [5.74, 6) is -0.322. The highest BCUT2D eigenvalue weighted by atomic mass is 16.5. The lowest BCUT2D eigenvalue weighted by atomic mass is 10.0. The Bertz CT molecular complexity index is 1240. The van der Waals surface area contributed by atoms with E-state index in [1.54, 1.807) is 0 Å². The maximum Gasteiger partial charge on any atom is 0.271 e. The molecule has 1 aromatic heterocycles. The van der Waals surface area contributed by atoms with Gasteiger partial charge < -0.3 is 9.84 Å². The summed E-state index contributed by atoms with van der Waals surface area (Å²) in [5.41, 5.74) is 3.22. The number of rotatable bonds is 7. The van der Waals surface area contributed by atoms with Gasteiger partial charge in [-0.2, -0.15) is 5.26 Å². The molecule has 6 heteroatoms. The molecule has 1 heterocycles. The fourth-order valence-electron chi connectivity index (χ4n) is 3.98. The van der Waals surface area contributed by atoms with Gasteiger partial charge in [-0.15, -0.1) is 0 Å². The highest BCUT2D eigenvalue weighted by molar-refractivity contribution is 6.01. The highest BCUT2D eigenvalue weighted by Gasteiger charge is 2.24. The highest BCUT2D eigenvalue weighted by Crippen LogP contribution is 2.26. The predicted molar refractivity (Wildman–Crippen MR) is 122 cm³/mol. The van der Waals surface area contributed by atoms with Crippen LogP contribution in [0, 0.1) is 39.0 Å². The van der Waals surface area contributed by atoms with Gasteiger partial charge in [0.15, 0.2) is 6.61 Å². The number of ether oxygens (including phenoxy) is 1. The van der Waals surface area contributed by atoms with Crippen LogP contribution in [0.1, 0.15) is 43.7 Å². The third-order valence-electron chi connectivity index (χ3n) is 5.50. The van der Waals surface area contributed by atoms with Crippen LogP contribution in [0.5, 0.6) is 11.6 Å². The number of aromatic nitrogens is 1. The van der Waals surface area contributed by atoms with Crippen LogP contribution in [0.15, 0.2) is 47.3 Å². The first-order chi connectivity index (χ1) is 15.2. The number of carbonyl (C=O) groups excluding carboxylic acids is 1. The summed E-state index contributed by atoms with van der Waals surface area (Å²) in [6, 6.07) is 15.3. The van der Waals surface area contributed by atoms with E-state index in [1.165, 1.54) is 6.92 Å². The van der Waals surface area contributed by atoms with Crippen LogP contribution < -0.4 is 10.3 Å². The molecule has 0 aliphatic rings. The normalized spacial score (nSPS) is 10.6. The second kappa shape index (κ2) is 9.52. The minimum absolute atomic E-state index is 0.0587. The smallest absolute Gasteiger partial charge is 0.271 e. The number of nitriles is 1. The maximum atomic E-state index is 13.0. The summed E-state index contributed by atoms with van der Waals surface area (Å²) >= 11 is 0. The first-order valence-corrected chi connectivity index (χ1v) is 10.4. The van der Waals surface area contributed by atoms with Gasteiger partial charge in [0, 0.05) is 6.54 Å². The number of carbonyl (C=O) groups is 1. The lowest BCUT2D eigenvalue weighted by Gasteiger charge is -2.17. The molecular weight excluding hydrogens is 404 g/mol. The molecule has 0 fully saturated rings. The Kier molecular flexibility index (Phi) is 6.79. The van der Waals surface area contributed by atoms with Crippen molar-refractivity contribution >= 4 is 5.78 Å². The number of hydrogen-bond acceptors (Lipinski definition) is 5. The van der Waals surface area contributed by atoms with E-state index in [0.717, 1.165) is 26.8 Å². The van der Waals surface area contributed by atoms with Crippen molar-refractivity contribution in [2.45, 2.75) is 40.7 Å². The van der Waals surface area contributed by atoms with Gasteiger partial charge in [0.25, 0.3) is 5.56 Å². The topological polar surface area (TPSA) is 92.3 Å². The summed E-state index contributed by atoms with van der Waals surface area (Å²) in [5, 5.41) is 20.4. The molecule has 0 radical (unpaired) electrons. The summed E-state index contributed by atoms with van der Waals surface area (Å²) in [7, 11) is 0. The zero-order valence-electron chi connectivity index (χ0n) is 18.7. The Hall–Kier alpha value is -3.85. The number of benzene rings is 2. The van der Waals surface area contributed by atoms with E-state index in [-0.39, 0.29) is 29.8 Å². The second-order valence-electron chi connectivity index (χ2n) is 7.94. The van der Waals surface area contributed by atoms with Gasteiger partial charge in [0.1, 0.15) is 17.4 Å². The molecule has 0 saturated carbocycles. The van der Waals surface area contributed by atoms with Crippen molar-refractivity contribution < 1.29 is 14.6 Å². The van der Waals surface area contributed by atoms with Gasteiger partial charge in [-0.3, -0.25) is 14.2 Å². The van der Waals surface area contributed by atoms with Crippen molar-refractivity contribution in [2.24, 2.45) is 0 Å². The zero-order chi connectivity index (χ0) is 23.4. The van der Waals surface area contributed by atoms with Gasteiger partial charge in [0.05, 0.1) is 5.56 Å². The molecule has 0 aliphatic heterocycles. The molecule has 2 aromatic carbocycles. The van der Waals surface area contributed by atoms with E-state index in [0.29, 0.717) is 12.2 Å². The van der Waals surface area contributed by atoms with E-state index in [1.807, 2.05) is 69.3 Å². The van der Waals surface area contributed by atoms with Crippen molar-refractivity contribution in [2.75, 3.05) is 6.61 Å². The average molecular weight is 431 g/mol. The fourth-order valence-corrected chi connectivity index (χ4v) is 3.98. The van der Waals surface area contributed by atoms with Crippen LogP contribution in [0.2, 0.25) is 0 Å². The van der Waals surface area contributed by atoms with E-state index in [4.69, 9.17) is 4.74 Å². The summed E-state index contributed by atoms with van der Waals surface area (Å²) in [6.45, 7) is 7.11. The molecule has 6 nitrogen and oxygen atoms in total. The Morgan fingerprint density at radius 1 is 1.09 bits per heavy atom. The van der Waals surface area contributed by atoms with E-state index < -0.39 is 17.2 Å². The van der Waals surface area contributed by atoms with Gasteiger partial charge in [-0.05, 0) is 56.4 Å². The zero-order valence-corrected chi connectivity index (χ0v) is 18.7. The number of ketones is 1. The molecule has 0 spiro atoms. The Balaban J connectivity index is 1.94. The SMILES string of the molecule is Cc1cc(C)c(OCC(=O)c2c(C)c(C#N)c(=O)n(CCc3ccccc3)c2O)c(C)c1. The first kappa shape index (κ1) is 22.8. The molecular formula is C26H26N2O4. The molecule has 3 rings (SSSR count). The number of Topliss-reactive ketones (excluding diaryl/α,β-unsaturated/α-hetero) is 1. The van der Waals surface area contributed by atoms with Crippen LogP contribution >= 0.6 is 0 Å². The second-order valence-corrected chi connectivity index (χ2v) is 7.94. The number of nitrogens with zero attached hydrogens (tertiary/aromatic N) is 2. The van der Waals surface area contributed by atoms with Crippen LogP contribution in [-0.2, 0) is 13.0 Å². The minimum Gasteiger partial charge on any atom is -0.494 e. The third kappa shape index (κ3) is 4.57. The molecule has 0 saturated heterocycles. The maximum absolute atomic E-state index is 13.0. The monoisotopic (exact) mass is 430 g/mol. The number of hydrogen-bond donors (Lipinski definition) is 1. The Labute approximate surface area is 187 Å². The van der Waals surface area contributed by atoms with Gasteiger partial charge >= 0.3 is 0 Å². The standard InChI is InChI=1S/C26H26N2O4/c1-16-12-17(2)24(18(3)13-16)32-15-22(29)23-19(4)21(14-27)25(30)28(26(23)31)11-10-20-8-6-5-7-9-20/h5-9,12-13,31H,10-11,15H2,1-4H3. The van der Waals surface area contributed by atoms with Crippen LogP contribution in [0.4, 0.5) is 0 Å². The fraction of sp³-hybridized carbons (Fsp3) is 0.269. The van der Waals surface area contributed by atoms with Crippen molar-refractivity contribution in [3.8, 4) is 17.7 Å². The molecule has 3 aromatic rings. The van der Waals surface area contributed by atoms with Gasteiger partial charge in [-0.25, -0.2) is 0 Å². The van der Waals surface area contributed by atoms with Crippen LogP contribution in [0.25, 0.3) is 0 Å². The molecule has 0 unspecified atom stereocenters. The molecule has 1 N–H and O–H groups in total. The van der Waals surface area contributed by atoms with Crippen LogP contribution in [-0.4, -0.2) is 22.1 Å². The van der Waals surface area contributed by atoms with Gasteiger partial charge in [-0.1, -0.05) is 48.0 Å². The van der Waals surface area contributed by atoms with Crippen molar-refractivity contribution in [1.29, 1.82) is 5.26 Å². The molecule has 0 bridgehead atoms. The molecule has 0 atom stereocenters. The number of pyridine rings is 1. The van der Waals surface area contributed by atoms with E-state index in [2.05, 4.69) is 0 Å². The third-order valence-corrected chi connectivity index (χ3v) is 5.50. The lowest BCUT2D eigenvalue weighted by Crippen LogP contribution is -2.28. The van der Waals surface area contributed by atoms with Crippen molar-refractivity contribution in [1.82, 2.24) is 4.57 Å². The average Bonchev–Trinajstić information content (AvgIpc) is 2.74. The summed E-state index contributed by atoms with van der Waals surface area (Å²) < 4.78 is 6.88. The summed E-state index contributed by atoms with van der Waals surface area (Å²) in [4.78, 5) is 25.8. The van der Waals surface area contributed by atoms with E-state index in [9.17, 15) is 20.0 Å². The first-order valence-electron chi connectivity index (χ1n) is 10.4. The molecule has 32 heavy (non-hydrogen) atoms. The minimum atomic E-state index is -0.610. The molecule has 164 valence electrons. The van der Waals surface area contributed by atoms with Gasteiger partial charge in [0.2, 0.25) is 11.7 Å². The number of aryl methyl sites for hydroxylation is 4.